The standard InChI is InChI=1S/C9H7NO3/c1-5-4-10-7(9(11)12)8-6(5)2-3-13-8/h2-4H,1H3,(H,11,12). The van der Waals surface area contributed by atoms with Gasteiger partial charge in [0.05, 0.1) is 6.26 Å². The third-order valence-electron chi connectivity index (χ3n) is 1.90. The normalized spacial score (nSPS) is 10.5. The van der Waals surface area contributed by atoms with E-state index in [9.17, 15) is 4.79 Å². The van der Waals surface area contributed by atoms with E-state index < -0.39 is 5.97 Å². The third kappa shape index (κ3) is 1.07. The Kier molecular flexibility index (Phi) is 1.55. The zero-order valence-electron chi connectivity index (χ0n) is 6.94. The second kappa shape index (κ2) is 2.58. The Balaban J connectivity index is 2.86. The third-order valence-corrected chi connectivity index (χ3v) is 1.90. The number of pyridine rings is 1. The van der Waals surface area contributed by atoms with Crippen LogP contribution in [0.1, 0.15) is 16.1 Å². The van der Waals surface area contributed by atoms with Gasteiger partial charge in [-0.2, -0.15) is 0 Å². The number of fused-ring (bicyclic) bond motifs is 1. The van der Waals surface area contributed by atoms with Crippen LogP contribution in [0, 0.1) is 6.92 Å². The van der Waals surface area contributed by atoms with Crippen LogP contribution in [0.15, 0.2) is 22.9 Å². The molecule has 2 aromatic heterocycles. The first-order chi connectivity index (χ1) is 6.20. The largest absolute Gasteiger partial charge is 0.476 e. The average molecular weight is 177 g/mol. The zero-order chi connectivity index (χ0) is 9.42. The van der Waals surface area contributed by atoms with E-state index in [0.717, 1.165) is 10.9 Å². The zero-order valence-corrected chi connectivity index (χ0v) is 6.94. The number of nitrogens with zero attached hydrogens (tertiary/aromatic N) is 1. The highest BCUT2D eigenvalue weighted by atomic mass is 16.4. The van der Waals surface area contributed by atoms with Gasteiger partial charge in [-0.3, -0.25) is 0 Å². The first kappa shape index (κ1) is 7.79. The van der Waals surface area contributed by atoms with Gasteiger partial charge in [-0.1, -0.05) is 0 Å². The average Bonchev–Trinajstić information content (AvgIpc) is 2.53. The van der Waals surface area contributed by atoms with E-state index in [1.165, 1.54) is 12.5 Å². The number of furan rings is 1. The monoisotopic (exact) mass is 177 g/mol. The number of aromatic carboxylic acids is 1. The Morgan fingerprint density at radius 1 is 1.62 bits per heavy atom. The summed E-state index contributed by atoms with van der Waals surface area (Å²) in [5, 5.41) is 9.57. The number of aryl methyl sites for hydroxylation is 1. The second-order valence-electron chi connectivity index (χ2n) is 2.76. The predicted octanol–water partition coefficient (Wildman–Crippen LogP) is 1.83. The molecule has 0 aliphatic carbocycles. The van der Waals surface area contributed by atoms with Crippen molar-refractivity contribution in [3.05, 3.63) is 29.8 Å². The minimum atomic E-state index is -1.07. The van der Waals surface area contributed by atoms with Crippen molar-refractivity contribution in [2.75, 3.05) is 0 Å². The fourth-order valence-electron chi connectivity index (χ4n) is 1.25. The Hall–Kier alpha value is -1.84. The summed E-state index contributed by atoms with van der Waals surface area (Å²) in [6.45, 7) is 1.86. The molecule has 0 radical (unpaired) electrons. The lowest BCUT2D eigenvalue weighted by molar-refractivity contribution is 0.0691. The molecule has 0 unspecified atom stereocenters. The molecule has 4 nitrogen and oxygen atoms in total. The van der Waals surface area contributed by atoms with Gasteiger partial charge in [0.15, 0.2) is 11.3 Å². The van der Waals surface area contributed by atoms with Crippen LogP contribution in [-0.2, 0) is 0 Å². The van der Waals surface area contributed by atoms with E-state index in [1.54, 1.807) is 6.07 Å². The maximum Gasteiger partial charge on any atom is 0.358 e. The molecule has 0 saturated heterocycles. The van der Waals surface area contributed by atoms with Crippen LogP contribution in [0.3, 0.4) is 0 Å². The lowest BCUT2D eigenvalue weighted by Gasteiger charge is -1.97. The summed E-state index contributed by atoms with van der Waals surface area (Å²) in [5.41, 5.74) is 1.21. The molecule has 0 spiro atoms. The number of hydrogen-bond donors (Lipinski definition) is 1. The fourth-order valence-corrected chi connectivity index (χ4v) is 1.25. The van der Waals surface area contributed by atoms with Crippen LogP contribution in [-0.4, -0.2) is 16.1 Å². The van der Waals surface area contributed by atoms with E-state index in [2.05, 4.69) is 4.98 Å². The van der Waals surface area contributed by atoms with Crippen LogP contribution in [0.4, 0.5) is 0 Å². The molecule has 66 valence electrons. The first-order valence-electron chi connectivity index (χ1n) is 3.76. The molecule has 2 heterocycles. The highest BCUT2D eigenvalue weighted by molar-refractivity contribution is 5.99. The van der Waals surface area contributed by atoms with Crippen molar-refractivity contribution in [3.8, 4) is 0 Å². The van der Waals surface area contributed by atoms with Crippen LogP contribution in [0.25, 0.3) is 11.0 Å². The lowest BCUT2D eigenvalue weighted by Crippen LogP contribution is -2.00. The van der Waals surface area contributed by atoms with E-state index in [0.29, 0.717) is 5.58 Å². The fraction of sp³-hybridized carbons (Fsp3) is 0.111. The van der Waals surface area contributed by atoms with Crippen molar-refractivity contribution in [3.63, 3.8) is 0 Å². The summed E-state index contributed by atoms with van der Waals surface area (Å²) in [6.07, 6.45) is 2.99. The molecule has 4 heteroatoms. The van der Waals surface area contributed by atoms with E-state index >= 15 is 0 Å². The second-order valence-corrected chi connectivity index (χ2v) is 2.76. The molecule has 0 aromatic carbocycles. The highest BCUT2D eigenvalue weighted by Crippen LogP contribution is 2.21. The van der Waals surface area contributed by atoms with Gasteiger partial charge >= 0.3 is 5.97 Å². The van der Waals surface area contributed by atoms with Crippen molar-refractivity contribution in [1.82, 2.24) is 4.98 Å². The summed E-state index contributed by atoms with van der Waals surface area (Å²) in [5.74, 6) is -1.07. The number of carboxylic acids is 1. The summed E-state index contributed by atoms with van der Waals surface area (Å²) in [7, 11) is 0. The number of carbonyl (C=O) groups is 1. The maximum atomic E-state index is 10.7. The van der Waals surface area contributed by atoms with Gasteiger partial charge in [-0.15, -0.1) is 0 Å². The maximum absolute atomic E-state index is 10.7. The topological polar surface area (TPSA) is 63.3 Å². The summed E-state index contributed by atoms with van der Waals surface area (Å²) >= 11 is 0. The van der Waals surface area contributed by atoms with Crippen LogP contribution >= 0.6 is 0 Å². The van der Waals surface area contributed by atoms with Crippen LogP contribution < -0.4 is 0 Å². The molecule has 0 bridgehead atoms. The molecule has 0 aliphatic heterocycles. The number of aromatic nitrogens is 1. The first-order valence-corrected chi connectivity index (χ1v) is 3.76. The minimum Gasteiger partial charge on any atom is -0.476 e. The van der Waals surface area contributed by atoms with E-state index in [1.807, 2.05) is 6.92 Å². The van der Waals surface area contributed by atoms with Crippen molar-refractivity contribution in [2.24, 2.45) is 0 Å². The van der Waals surface area contributed by atoms with E-state index in [-0.39, 0.29) is 5.69 Å². The molecule has 0 amide bonds. The lowest BCUT2D eigenvalue weighted by atomic mass is 10.2. The number of rotatable bonds is 1. The molecule has 0 atom stereocenters. The summed E-state index contributed by atoms with van der Waals surface area (Å²) < 4.78 is 5.05. The summed E-state index contributed by atoms with van der Waals surface area (Å²) in [6, 6.07) is 1.73. The molecule has 13 heavy (non-hydrogen) atoms. The molecule has 1 N–H and O–H groups in total. The minimum absolute atomic E-state index is 0.0365. The van der Waals surface area contributed by atoms with Gasteiger partial charge in [-0.05, 0) is 18.6 Å². The Bertz CT molecular complexity index is 473. The molecule has 0 fully saturated rings. The van der Waals surface area contributed by atoms with Crippen molar-refractivity contribution >= 4 is 16.9 Å². The van der Waals surface area contributed by atoms with Crippen molar-refractivity contribution in [2.45, 2.75) is 6.92 Å². The molecular formula is C9H7NO3. The Morgan fingerprint density at radius 2 is 2.38 bits per heavy atom. The molecular weight excluding hydrogens is 170 g/mol. The van der Waals surface area contributed by atoms with Gasteiger partial charge in [0, 0.05) is 11.6 Å². The van der Waals surface area contributed by atoms with Gasteiger partial charge in [0.2, 0.25) is 0 Å². The summed E-state index contributed by atoms with van der Waals surface area (Å²) in [4.78, 5) is 14.5. The highest BCUT2D eigenvalue weighted by Gasteiger charge is 2.13. The van der Waals surface area contributed by atoms with Gasteiger partial charge in [-0.25, -0.2) is 9.78 Å². The Labute approximate surface area is 73.8 Å². The van der Waals surface area contributed by atoms with Crippen LogP contribution in [0.5, 0.6) is 0 Å². The van der Waals surface area contributed by atoms with Crippen LogP contribution in [0.2, 0.25) is 0 Å². The quantitative estimate of drug-likeness (QED) is 0.721. The molecule has 0 saturated carbocycles. The SMILES string of the molecule is Cc1cnc(C(=O)O)c2occc12. The Morgan fingerprint density at radius 3 is 3.08 bits per heavy atom. The van der Waals surface area contributed by atoms with E-state index in [4.69, 9.17) is 9.52 Å². The number of carboxylic acid groups (broad SMARTS) is 1. The van der Waals surface area contributed by atoms with Gasteiger partial charge in [0.25, 0.3) is 0 Å². The van der Waals surface area contributed by atoms with Crippen molar-refractivity contribution in [1.29, 1.82) is 0 Å². The molecule has 2 aromatic rings. The van der Waals surface area contributed by atoms with Gasteiger partial charge in [0.1, 0.15) is 0 Å². The molecule has 0 aliphatic rings. The van der Waals surface area contributed by atoms with Crippen molar-refractivity contribution < 1.29 is 14.3 Å². The molecule has 2 rings (SSSR count). The predicted molar refractivity (Wildman–Crippen MR) is 45.7 cm³/mol. The number of hydrogen-bond acceptors (Lipinski definition) is 3. The smallest absolute Gasteiger partial charge is 0.358 e. The van der Waals surface area contributed by atoms with Gasteiger partial charge < -0.3 is 9.52 Å².